The minimum Gasteiger partial charge on any atom is -0.399 e. The third kappa shape index (κ3) is 2.79. The van der Waals surface area contributed by atoms with Gasteiger partial charge in [0.1, 0.15) is 17.8 Å². The Morgan fingerprint density at radius 1 is 1.39 bits per heavy atom. The molecule has 1 heterocycles. The highest BCUT2D eigenvalue weighted by Crippen LogP contribution is 2.28. The number of hydrogen-bond donors (Lipinski definition) is 0. The highest BCUT2D eigenvalue weighted by molar-refractivity contribution is 9.09. The molecule has 0 aliphatic rings. The molecule has 2 rings (SSSR count). The standard InChI is InChI=1S/C13H13BrN2OS/c1-9-12(11(8-14)16-17-2)18-13(15-9)10-6-4-3-5-7-10/h3-7H,8H2,1-2H3/b16-11-. The molecule has 1 aromatic carbocycles. The van der Waals surface area contributed by atoms with Crippen molar-refractivity contribution in [2.45, 2.75) is 6.92 Å². The van der Waals surface area contributed by atoms with Crippen molar-refractivity contribution >= 4 is 33.0 Å². The summed E-state index contributed by atoms with van der Waals surface area (Å²) < 4.78 is 0. The summed E-state index contributed by atoms with van der Waals surface area (Å²) in [6.45, 7) is 1.99. The highest BCUT2D eigenvalue weighted by atomic mass is 79.9. The van der Waals surface area contributed by atoms with E-state index in [4.69, 9.17) is 4.84 Å². The SMILES string of the molecule is CO/N=C(/CBr)c1sc(-c2ccccc2)nc1C. The van der Waals surface area contributed by atoms with Gasteiger partial charge in [0.2, 0.25) is 0 Å². The normalized spacial score (nSPS) is 11.6. The van der Waals surface area contributed by atoms with Gasteiger partial charge in [0, 0.05) is 5.56 Å². The Labute approximate surface area is 119 Å². The summed E-state index contributed by atoms with van der Waals surface area (Å²) in [5, 5.41) is 5.68. The molecule has 0 saturated carbocycles. The molecule has 0 saturated heterocycles. The zero-order valence-corrected chi connectivity index (χ0v) is 12.6. The van der Waals surface area contributed by atoms with Crippen LogP contribution in [0.4, 0.5) is 0 Å². The van der Waals surface area contributed by atoms with E-state index in [-0.39, 0.29) is 0 Å². The lowest BCUT2D eigenvalue weighted by Gasteiger charge is -1.98. The molecule has 94 valence electrons. The second-order valence-electron chi connectivity index (χ2n) is 3.65. The van der Waals surface area contributed by atoms with E-state index in [0.29, 0.717) is 5.33 Å². The Kier molecular flexibility index (Phi) is 4.49. The molecule has 0 aliphatic heterocycles. The van der Waals surface area contributed by atoms with Crippen molar-refractivity contribution in [3.63, 3.8) is 0 Å². The van der Waals surface area contributed by atoms with Gasteiger partial charge in [-0.25, -0.2) is 4.98 Å². The van der Waals surface area contributed by atoms with Gasteiger partial charge in [0.15, 0.2) is 0 Å². The Morgan fingerprint density at radius 2 is 2.11 bits per heavy atom. The first kappa shape index (κ1) is 13.2. The molecule has 0 unspecified atom stereocenters. The Balaban J connectivity index is 2.41. The van der Waals surface area contributed by atoms with Crippen molar-refractivity contribution in [1.29, 1.82) is 0 Å². The largest absolute Gasteiger partial charge is 0.399 e. The fourth-order valence-corrected chi connectivity index (χ4v) is 3.22. The molecule has 0 fully saturated rings. The molecule has 2 aromatic rings. The Hall–Kier alpha value is -1.20. The minimum atomic E-state index is 0.651. The number of alkyl halides is 1. The second kappa shape index (κ2) is 6.11. The summed E-state index contributed by atoms with van der Waals surface area (Å²) >= 11 is 5.05. The first-order chi connectivity index (χ1) is 8.76. The Bertz CT molecular complexity index is 551. The van der Waals surface area contributed by atoms with Gasteiger partial charge in [-0.15, -0.1) is 11.3 Å². The van der Waals surface area contributed by atoms with Crippen LogP contribution in [0.5, 0.6) is 0 Å². The smallest absolute Gasteiger partial charge is 0.124 e. The maximum atomic E-state index is 4.86. The predicted molar refractivity (Wildman–Crippen MR) is 79.6 cm³/mol. The third-order valence-corrected chi connectivity index (χ3v) is 4.19. The van der Waals surface area contributed by atoms with Crippen LogP contribution in [-0.2, 0) is 4.84 Å². The first-order valence-corrected chi connectivity index (χ1v) is 7.39. The number of halogens is 1. The molecule has 18 heavy (non-hydrogen) atoms. The maximum absolute atomic E-state index is 4.86. The van der Waals surface area contributed by atoms with Crippen LogP contribution in [0.1, 0.15) is 10.6 Å². The number of nitrogens with zero attached hydrogens (tertiary/aromatic N) is 2. The van der Waals surface area contributed by atoms with E-state index in [1.165, 1.54) is 0 Å². The van der Waals surface area contributed by atoms with Crippen LogP contribution in [-0.4, -0.2) is 23.1 Å². The molecule has 3 nitrogen and oxygen atoms in total. The highest BCUT2D eigenvalue weighted by Gasteiger charge is 2.14. The van der Waals surface area contributed by atoms with Crippen molar-refractivity contribution in [2.75, 3.05) is 12.4 Å². The summed E-state index contributed by atoms with van der Waals surface area (Å²) in [5.41, 5.74) is 2.98. The third-order valence-electron chi connectivity index (χ3n) is 2.41. The molecular formula is C13H13BrN2OS. The van der Waals surface area contributed by atoms with Crippen LogP contribution in [0.3, 0.4) is 0 Å². The van der Waals surface area contributed by atoms with E-state index in [9.17, 15) is 0 Å². The number of aromatic nitrogens is 1. The Morgan fingerprint density at radius 3 is 2.72 bits per heavy atom. The average Bonchev–Trinajstić information content (AvgIpc) is 2.79. The predicted octanol–water partition coefficient (Wildman–Crippen LogP) is 3.86. The van der Waals surface area contributed by atoms with Crippen LogP contribution in [0.25, 0.3) is 10.6 Å². The lowest BCUT2D eigenvalue weighted by Crippen LogP contribution is -2.02. The average molecular weight is 325 g/mol. The zero-order chi connectivity index (χ0) is 13.0. The van der Waals surface area contributed by atoms with Gasteiger partial charge in [0.05, 0.1) is 15.9 Å². The topological polar surface area (TPSA) is 34.5 Å². The molecule has 0 bridgehead atoms. The molecule has 0 radical (unpaired) electrons. The lowest BCUT2D eigenvalue weighted by atomic mass is 10.2. The van der Waals surface area contributed by atoms with E-state index in [1.54, 1.807) is 18.4 Å². The van der Waals surface area contributed by atoms with Gasteiger partial charge < -0.3 is 4.84 Å². The fourth-order valence-electron chi connectivity index (χ4n) is 1.61. The van der Waals surface area contributed by atoms with E-state index < -0.39 is 0 Å². The second-order valence-corrected chi connectivity index (χ2v) is 5.21. The molecule has 0 N–H and O–H groups in total. The number of hydrogen-bond acceptors (Lipinski definition) is 4. The number of aryl methyl sites for hydroxylation is 1. The fraction of sp³-hybridized carbons (Fsp3) is 0.231. The molecule has 5 heteroatoms. The van der Waals surface area contributed by atoms with Gasteiger partial charge in [0.25, 0.3) is 0 Å². The van der Waals surface area contributed by atoms with Crippen LogP contribution in [0.15, 0.2) is 35.5 Å². The van der Waals surface area contributed by atoms with E-state index in [1.807, 2.05) is 25.1 Å². The number of rotatable bonds is 4. The van der Waals surface area contributed by atoms with Gasteiger partial charge in [-0.2, -0.15) is 0 Å². The van der Waals surface area contributed by atoms with Crippen molar-refractivity contribution in [3.05, 3.63) is 40.9 Å². The number of oxime groups is 1. The van der Waals surface area contributed by atoms with Crippen LogP contribution >= 0.6 is 27.3 Å². The monoisotopic (exact) mass is 324 g/mol. The summed E-state index contributed by atoms with van der Waals surface area (Å²) in [4.78, 5) is 10.5. The van der Waals surface area contributed by atoms with Crippen LogP contribution in [0.2, 0.25) is 0 Å². The van der Waals surface area contributed by atoms with Crippen molar-refractivity contribution in [2.24, 2.45) is 5.16 Å². The van der Waals surface area contributed by atoms with Gasteiger partial charge in [-0.1, -0.05) is 51.4 Å². The first-order valence-electron chi connectivity index (χ1n) is 5.45. The number of benzene rings is 1. The lowest BCUT2D eigenvalue weighted by molar-refractivity contribution is 0.213. The summed E-state index contributed by atoms with van der Waals surface area (Å²) in [6, 6.07) is 10.1. The molecule has 0 atom stereocenters. The summed E-state index contributed by atoms with van der Waals surface area (Å²) in [5.74, 6) is 0. The molecule has 0 aliphatic carbocycles. The van der Waals surface area contributed by atoms with E-state index in [2.05, 4.69) is 38.2 Å². The molecular weight excluding hydrogens is 312 g/mol. The van der Waals surface area contributed by atoms with Gasteiger partial charge in [-0.3, -0.25) is 0 Å². The van der Waals surface area contributed by atoms with Gasteiger partial charge in [-0.05, 0) is 6.92 Å². The summed E-state index contributed by atoms with van der Waals surface area (Å²) in [6.07, 6.45) is 0. The van der Waals surface area contributed by atoms with Crippen LogP contribution in [0, 0.1) is 6.92 Å². The molecule has 0 amide bonds. The summed E-state index contributed by atoms with van der Waals surface area (Å²) in [7, 11) is 1.55. The molecule has 1 aromatic heterocycles. The zero-order valence-electron chi connectivity index (χ0n) is 10.2. The van der Waals surface area contributed by atoms with E-state index >= 15 is 0 Å². The van der Waals surface area contributed by atoms with Gasteiger partial charge >= 0.3 is 0 Å². The minimum absolute atomic E-state index is 0.651. The number of thiazole rings is 1. The van der Waals surface area contributed by atoms with Crippen molar-refractivity contribution in [3.8, 4) is 10.6 Å². The van der Waals surface area contributed by atoms with E-state index in [0.717, 1.165) is 26.9 Å². The maximum Gasteiger partial charge on any atom is 0.124 e. The quantitative estimate of drug-likeness (QED) is 0.486. The van der Waals surface area contributed by atoms with Crippen LogP contribution < -0.4 is 0 Å². The molecule has 0 spiro atoms. The van der Waals surface area contributed by atoms with Crippen molar-refractivity contribution < 1.29 is 4.84 Å². The van der Waals surface area contributed by atoms with Crippen molar-refractivity contribution in [1.82, 2.24) is 4.98 Å².